The molecule has 3 nitrogen and oxygen atoms in total. The highest BCUT2D eigenvalue weighted by Crippen LogP contribution is 2.38. The molecule has 0 heterocycles. The van der Waals surface area contributed by atoms with E-state index in [4.69, 9.17) is 21.1 Å². The van der Waals surface area contributed by atoms with E-state index >= 15 is 0 Å². The van der Waals surface area contributed by atoms with Crippen LogP contribution in [-0.4, -0.2) is 19.0 Å². The lowest BCUT2D eigenvalue weighted by Crippen LogP contribution is -2.12. The van der Waals surface area contributed by atoms with Crippen molar-refractivity contribution >= 4 is 17.9 Å². The fraction of sp³-hybridized carbons (Fsp3) is 0.500. The molecule has 0 aromatic heterocycles. The molecule has 0 bridgehead atoms. The molecule has 0 saturated heterocycles. The van der Waals surface area contributed by atoms with Gasteiger partial charge in [0, 0.05) is 5.56 Å². The Morgan fingerprint density at radius 2 is 2.11 bits per heavy atom. The molecule has 2 rings (SSSR count). The minimum Gasteiger partial charge on any atom is -0.490 e. The second kappa shape index (κ2) is 6.10. The van der Waals surface area contributed by atoms with Crippen molar-refractivity contribution < 1.29 is 14.3 Å². The SMILES string of the molecule is CCOc1cc(C=O)cc(Cl)c1OC1CCCC1. The molecule has 0 unspecified atom stereocenters. The number of carbonyl (C=O) groups excluding carboxylic acids is 1. The highest BCUT2D eigenvalue weighted by molar-refractivity contribution is 6.32. The zero-order valence-electron chi connectivity index (χ0n) is 10.4. The topological polar surface area (TPSA) is 35.5 Å². The normalized spacial score (nSPS) is 15.7. The molecule has 1 aliphatic rings. The van der Waals surface area contributed by atoms with Gasteiger partial charge in [-0.2, -0.15) is 0 Å². The fourth-order valence-corrected chi connectivity index (χ4v) is 2.47. The van der Waals surface area contributed by atoms with Crippen molar-refractivity contribution in [3.05, 3.63) is 22.7 Å². The van der Waals surface area contributed by atoms with Gasteiger partial charge < -0.3 is 9.47 Å². The number of aldehydes is 1. The maximum Gasteiger partial charge on any atom is 0.180 e. The molecule has 1 aromatic rings. The first-order chi connectivity index (χ1) is 8.74. The predicted molar refractivity (Wildman–Crippen MR) is 70.9 cm³/mol. The number of halogens is 1. The van der Waals surface area contributed by atoms with Crippen LogP contribution in [0.4, 0.5) is 0 Å². The van der Waals surface area contributed by atoms with Gasteiger partial charge in [0.1, 0.15) is 6.29 Å². The summed E-state index contributed by atoms with van der Waals surface area (Å²) in [6, 6.07) is 3.29. The number of ether oxygens (including phenoxy) is 2. The maximum absolute atomic E-state index is 10.8. The van der Waals surface area contributed by atoms with Gasteiger partial charge in [-0.3, -0.25) is 4.79 Å². The summed E-state index contributed by atoms with van der Waals surface area (Å²) >= 11 is 6.16. The van der Waals surface area contributed by atoms with Gasteiger partial charge in [-0.15, -0.1) is 0 Å². The van der Waals surface area contributed by atoms with Crippen LogP contribution in [0.2, 0.25) is 5.02 Å². The summed E-state index contributed by atoms with van der Waals surface area (Å²) in [7, 11) is 0. The third-order valence-electron chi connectivity index (χ3n) is 3.05. The Labute approximate surface area is 112 Å². The smallest absolute Gasteiger partial charge is 0.180 e. The van der Waals surface area contributed by atoms with Crippen LogP contribution in [0.3, 0.4) is 0 Å². The number of hydrogen-bond acceptors (Lipinski definition) is 3. The summed E-state index contributed by atoms with van der Waals surface area (Å²) in [4.78, 5) is 10.8. The lowest BCUT2D eigenvalue weighted by molar-refractivity contribution is 0.112. The standard InChI is InChI=1S/C14H17ClO3/c1-2-17-13-8-10(9-16)7-12(15)14(13)18-11-5-3-4-6-11/h7-9,11H,2-6H2,1H3. The van der Waals surface area contributed by atoms with Crippen LogP contribution in [0.25, 0.3) is 0 Å². The summed E-state index contributed by atoms with van der Waals surface area (Å²) in [6.07, 6.45) is 5.46. The number of carbonyl (C=O) groups is 1. The molecular formula is C14H17ClO3. The zero-order valence-corrected chi connectivity index (χ0v) is 11.2. The average molecular weight is 269 g/mol. The lowest BCUT2D eigenvalue weighted by atomic mass is 10.2. The maximum atomic E-state index is 10.8. The van der Waals surface area contributed by atoms with Crippen molar-refractivity contribution in [3.63, 3.8) is 0 Å². The van der Waals surface area contributed by atoms with Crippen LogP contribution in [0.1, 0.15) is 43.0 Å². The molecule has 1 saturated carbocycles. The van der Waals surface area contributed by atoms with Gasteiger partial charge in [0.25, 0.3) is 0 Å². The summed E-state index contributed by atoms with van der Waals surface area (Å²) in [5.41, 5.74) is 0.502. The van der Waals surface area contributed by atoms with Gasteiger partial charge in [0.2, 0.25) is 0 Å². The van der Waals surface area contributed by atoms with E-state index in [2.05, 4.69) is 0 Å². The highest BCUT2D eigenvalue weighted by Gasteiger charge is 2.21. The first-order valence-electron chi connectivity index (χ1n) is 6.32. The molecule has 0 radical (unpaired) electrons. The summed E-state index contributed by atoms with van der Waals surface area (Å²) in [6.45, 7) is 2.40. The van der Waals surface area contributed by atoms with Crippen LogP contribution in [0.5, 0.6) is 11.5 Å². The predicted octanol–water partition coefficient (Wildman–Crippen LogP) is 3.87. The van der Waals surface area contributed by atoms with E-state index in [-0.39, 0.29) is 6.10 Å². The number of hydrogen-bond donors (Lipinski definition) is 0. The van der Waals surface area contributed by atoms with Gasteiger partial charge >= 0.3 is 0 Å². The van der Waals surface area contributed by atoms with Crippen molar-refractivity contribution in [3.8, 4) is 11.5 Å². The van der Waals surface area contributed by atoms with Crippen molar-refractivity contribution in [1.82, 2.24) is 0 Å². The molecule has 1 aromatic carbocycles. The molecule has 1 aliphatic carbocycles. The fourth-order valence-electron chi connectivity index (χ4n) is 2.21. The Balaban J connectivity index is 2.27. The van der Waals surface area contributed by atoms with Crippen molar-refractivity contribution in [1.29, 1.82) is 0 Å². The van der Waals surface area contributed by atoms with Crippen LogP contribution in [0, 0.1) is 0 Å². The molecule has 0 N–H and O–H groups in total. The molecule has 0 atom stereocenters. The highest BCUT2D eigenvalue weighted by atomic mass is 35.5. The number of rotatable bonds is 5. The van der Waals surface area contributed by atoms with Gasteiger partial charge in [-0.05, 0) is 44.7 Å². The quantitative estimate of drug-likeness (QED) is 0.761. The van der Waals surface area contributed by atoms with E-state index in [0.717, 1.165) is 19.1 Å². The summed E-state index contributed by atoms with van der Waals surface area (Å²) < 4.78 is 11.4. The minimum atomic E-state index is 0.212. The first kappa shape index (κ1) is 13.2. The van der Waals surface area contributed by atoms with E-state index in [1.54, 1.807) is 12.1 Å². The van der Waals surface area contributed by atoms with Crippen LogP contribution >= 0.6 is 11.6 Å². The van der Waals surface area contributed by atoms with Crippen molar-refractivity contribution in [2.75, 3.05) is 6.61 Å². The molecular weight excluding hydrogens is 252 g/mol. The largest absolute Gasteiger partial charge is 0.490 e. The van der Waals surface area contributed by atoms with E-state index in [1.165, 1.54) is 12.8 Å². The first-order valence-corrected chi connectivity index (χ1v) is 6.70. The van der Waals surface area contributed by atoms with Crippen molar-refractivity contribution in [2.24, 2.45) is 0 Å². The molecule has 98 valence electrons. The van der Waals surface area contributed by atoms with E-state index in [9.17, 15) is 4.79 Å². The van der Waals surface area contributed by atoms with Crippen molar-refractivity contribution in [2.45, 2.75) is 38.7 Å². The molecule has 1 fully saturated rings. The van der Waals surface area contributed by atoms with E-state index < -0.39 is 0 Å². The lowest BCUT2D eigenvalue weighted by Gasteiger charge is -2.18. The van der Waals surface area contributed by atoms with Crippen LogP contribution in [-0.2, 0) is 0 Å². The minimum absolute atomic E-state index is 0.212. The molecule has 0 spiro atoms. The Bertz CT molecular complexity index is 425. The second-order valence-corrected chi connectivity index (χ2v) is 4.81. The summed E-state index contributed by atoms with van der Waals surface area (Å²) in [5.74, 6) is 1.12. The third-order valence-corrected chi connectivity index (χ3v) is 3.34. The molecule has 0 aliphatic heterocycles. The monoisotopic (exact) mass is 268 g/mol. The van der Waals surface area contributed by atoms with Gasteiger partial charge in [0.15, 0.2) is 11.5 Å². The van der Waals surface area contributed by atoms with E-state index in [1.807, 2.05) is 6.92 Å². The zero-order chi connectivity index (χ0) is 13.0. The number of benzene rings is 1. The van der Waals surface area contributed by atoms with Crippen LogP contribution < -0.4 is 9.47 Å². The van der Waals surface area contributed by atoms with Gasteiger partial charge in [-0.25, -0.2) is 0 Å². The Morgan fingerprint density at radius 3 is 2.72 bits per heavy atom. The third kappa shape index (κ3) is 2.96. The molecule has 18 heavy (non-hydrogen) atoms. The van der Waals surface area contributed by atoms with E-state index in [0.29, 0.717) is 28.7 Å². The van der Waals surface area contributed by atoms with Gasteiger partial charge in [-0.1, -0.05) is 11.6 Å². The Kier molecular flexibility index (Phi) is 4.48. The van der Waals surface area contributed by atoms with Gasteiger partial charge in [0.05, 0.1) is 17.7 Å². The molecule has 0 amide bonds. The Hall–Kier alpha value is -1.22. The second-order valence-electron chi connectivity index (χ2n) is 4.41. The summed E-state index contributed by atoms with van der Waals surface area (Å²) in [5, 5.41) is 0.440. The van der Waals surface area contributed by atoms with Crippen LogP contribution in [0.15, 0.2) is 12.1 Å². The Morgan fingerprint density at radius 1 is 1.39 bits per heavy atom. The average Bonchev–Trinajstić information content (AvgIpc) is 2.86. The molecule has 4 heteroatoms.